The molecule has 8 heteroatoms. The van der Waals surface area contributed by atoms with Crippen molar-refractivity contribution < 1.29 is 28.6 Å². The topological polar surface area (TPSA) is 94.2 Å². The van der Waals surface area contributed by atoms with Crippen molar-refractivity contribution >= 4 is 24.0 Å². The van der Waals surface area contributed by atoms with Crippen molar-refractivity contribution in [3.8, 4) is 11.5 Å². The molecule has 2 aliphatic heterocycles. The number of esters is 1. The first-order valence-corrected chi connectivity index (χ1v) is 8.87. The van der Waals surface area contributed by atoms with E-state index in [1.54, 1.807) is 6.08 Å². The van der Waals surface area contributed by atoms with Crippen LogP contribution in [0.1, 0.15) is 25.0 Å². The third-order valence-corrected chi connectivity index (χ3v) is 4.22. The normalized spacial score (nSPS) is 18.2. The molecule has 2 heterocycles. The standard InChI is InChI=1S/C19H22N2O6/c1-3-25-15-10-14-8-12(2)27-16(14)9-13(15)4-5-18(23)26-11-17(22)21-7-6-20-19(21)24/h4-5,9-10,12H,3,6-8,11H2,1-2H3,(H,20,24)/b5-4+/t12-/m1/s1. The molecule has 144 valence electrons. The Hall–Kier alpha value is -3.03. The minimum atomic E-state index is -0.680. The summed E-state index contributed by atoms with van der Waals surface area (Å²) in [5.41, 5.74) is 1.76. The van der Waals surface area contributed by atoms with Gasteiger partial charge in [0.2, 0.25) is 0 Å². The molecule has 27 heavy (non-hydrogen) atoms. The molecule has 1 saturated heterocycles. The third kappa shape index (κ3) is 4.39. The van der Waals surface area contributed by atoms with Gasteiger partial charge in [0.15, 0.2) is 6.61 Å². The fourth-order valence-electron chi connectivity index (χ4n) is 2.99. The van der Waals surface area contributed by atoms with Crippen LogP contribution >= 0.6 is 0 Å². The maximum absolute atomic E-state index is 11.9. The predicted molar refractivity (Wildman–Crippen MR) is 96.5 cm³/mol. The van der Waals surface area contributed by atoms with Crippen LogP contribution < -0.4 is 14.8 Å². The quantitative estimate of drug-likeness (QED) is 0.599. The number of urea groups is 1. The van der Waals surface area contributed by atoms with Gasteiger partial charge in [0, 0.05) is 36.7 Å². The van der Waals surface area contributed by atoms with Gasteiger partial charge in [-0.15, -0.1) is 0 Å². The van der Waals surface area contributed by atoms with Crippen LogP contribution in [0.3, 0.4) is 0 Å². The van der Waals surface area contributed by atoms with Crippen LogP contribution in [0, 0.1) is 0 Å². The van der Waals surface area contributed by atoms with Gasteiger partial charge >= 0.3 is 12.0 Å². The van der Waals surface area contributed by atoms with E-state index in [1.807, 2.05) is 26.0 Å². The van der Waals surface area contributed by atoms with E-state index in [-0.39, 0.29) is 12.6 Å². The number of rotatable bonds is 6. The van der Waals surface area contributed by atoms with E-state index in [9.17, 15) is 14.4 Å². The van der Waals surface area contributed by atoms with Gasteiger partial charge in [-0.3, -0.25) is 9.69 Å². The number of amides is 3. The Kier molecular flexibility index (Phi) is 5.63. The Morgan fingerprint density at radius 2 is 2.22 bits per heavy atom. The Balaban J connectivity index is 1.63. The lowest BCUT2D eigenvalue weighted by molar-refractivity contribution is -0.146. The number of nitrogens with zero attached hydrogens (tertiary/aromatic N) is 1. The molecule has 1 fully saturated rings. The van der Waals surface area contributed by atoms with E-state index >= 15 is 0 Å². The van der Waals surface area contributed by atoms with Crippen molar-refractivity contribution in [2.24, 2.45) is 0 Å². The molecule has 0 saturated carbocycles. The Morgan fingerprint density at radius 1 is 1.41 bits per heavy atom. The van der Waals surface area contributed by atoms with Gasteiger partial charge in [-0.25, -0.2) is 9.59 Å². The van der Waals surface area contributed by atoms with Gasteiger partial charge in [-0.05, 0) is 32.1 Å². The van der Waals surface area contributed by atoms with Gasteiger partial charge in [0.05, 0.1) is 6.61 Å². The summed E-state index contributed by atoms with van der Waals surface area (Å²) in [7, 11) is 0. The second-order valence-corrected chi connectivity index (χ2v) is 6.28. The van der Waals surface area contributed by atoms with Crippen LogP contribution in [-0.2, 0) is 20.7 Å². The van der Waals surface area contributed by atoms with E-state index in [2.05, 4.69) is 5.32 Å². The molecule has 8 nitrogen and oxygen atoms in total. The van der Waals surface area contributed by atoms with Gasteiger partial charge in [-0.1, -0.05) is 0 Å². The Bertz CT molecular complexity index is 789. The molecular weight excluding hydrogens is 352 g/mol. The second kappa shape index (κ2) is 8.11. The molecule has 0 unspecified atom stereocenters. The van der Waals surface area contributed by atoms with E-state index in [0.29, 0.717) is 24.5 Å². The predicted octanol–water partition coefficient (Wildman–Crippen LogP) is 1.52. The summed E-state index contributed by atoms with van der Waals surface area (Å²) >= 11 is 0. The van der Waals surface area contributed by atoms with Crippen molar-refractivity contribution in [1.29, 1.82) is 0 Å². The summed E-state index contributed by atoms with van der Waals surface area (Å²) in [6, 6.07) is 3.27. The zero-order chi connectivity index (χ0) is 19.4. The number of ether oxygens (including phenoxy) is 3. The highest BCUT2D eigenvalue weighted by Crippen LogP contribution is 2.35. The van der Waals surface area contributed by atoms with Crippen LogP contribution in [0.15, 0.2) is 18.2 Å². The zero-order valence-corrected chi connectivity index (χ0v) is 15.3. The monoisotopic (exact) mass is 374 g/mol. The highest BCUT2D eigenvalue weighted by Gasteiger charge is 2.26. The van der Waals surface area contributed by atoms with E-state index in [0.717, 1.165) is 22.6 Å². The minimum Gasteiger partial charge on any atom is -0.493 e. The first kappa shape index (κ1) is 18.8. The molecule has 3 rings (SSSR count). The highest BCUT2D eigenvalue weighted by molar-refractivity contribution is 5.97. The van der Waals surface area contributed by atoms with E-state index in [1.165, 1.54) is 6.08 Å². The van der Waals surface area contributed by atoms with Crippen molar-refractivity contribution in [3.05, 3.63) is 29.3 Å². The molecule has 1 N–H and O–H groups in total. The van der Waals surface area contributed by atoms with Crippen LogP contribution in [0.25, 0.3) is 6.08 Å². The lowest BCUT2D eigenvalue weighted by atomic mass is 10.1. The summed E-state index contributed by atoms with van der Waals surface area (Å²) < 4.78 is 16.3. The molecule has 3 amide bonds. The number of imide groups is 1. The molecule has 0 aromatic heterocycles. The highest BCUT2D eigenvalue weighted by atomic mass is 16.5. The molecule has 1 aromatic rings. The number of hydrogen-bond donors (Lipinski definition) is 1. The number of hydrogen-bond acceptors (Lipinski definition) is 6. The number of benzene rings is 1. The van der Waals surface area contributed by atoms with Gasteiger partial charge in [-0.2, -0.15) is 0 Å². The van der Waals surface area contributed by atoms with Gasteiger partial charge in [0.1, 0.15) is 17.6 Å². The van der Waals surface area contributed by atoms with Crippen molar-refractivity contribution in [1.82, 2.24) is 10.2 Å². The molecule has 2 aliphatic rings. The van der Waals surface area contributed by atoms with Crippen molar-refractivity contribution in [3.63, 3.8) is 0 Å². The van der Waals surface area contributed by atoms with Crippen molar-refractivity contribution in [2.75, 3.05) is 26.3 Å². The van der Waals surface area contributed by atoms with Gasteiger partial charge in [0.25, 0.3) is 5.91 Å². The van der Waals surface area contributed by atoms with Crippen LogP contribution in [0.4, 0.5) is 4.79 Å². The molecule has 0 bridgehead atoms. The summed E-state index contributed by atoms with van der Waals surface area (Å²) in [6.45, 7) is 4.56. The number of carbonyl (C=O) groups is 3. The van der Waals surface area contributed by atoms with E-state index < -0.39 is 24.5 Å². The summed E-state index contributed by atoms with van der Waals surface area (Å²) in [6.07, 6.45) is 3.70. The third-order valence-electron chi connectivity index (χ3n) is 4.22. The molecule has 0 aliphatic carbocycles. The summed E-state index contributed by atoms with van der Waals surface area (Å²) in [5.74, 6) is 0.193. The zero-order valence-electron chi connectivity index (χ0n) is 15.3. The molecule has 0 spiro atoms. The molecule has 0 radical (unpaired) electrons. The fraction of sp³-hybridized carbons (Fsp3) is 0.421. The fourth-order valence-corrected chi connectivity index (χ4v) is 2.99. The first-order valence-electron chi connectivity index (χ1n) is 8.87. The second-order valence-electron chi connectivity index (χ2n) is 6.28. The van der Waals surface area contributed by atoms with Crippen LogP contribution in [0.2, 0.25) is 0 Å². The Labute approximate surface area is 157 Å². The average Bonchev–Trinajstić information content (AvgIpc) is 3.22. The maximum Gasteiger partial charge on any atom is 0.331 e. The maximum atomic E-state index is 11.9. The smallest absolute Gasteiger partial charge is 0.331 e. The SMILES string of the molecule is CCOc1cc2c(cc1/C=C/C(=O)OCC(=O)N1CCNC1=O)O[C@H](C)C2. The largest absolute Gasteiger partial charge is 0.493 e. The summed E-state index contributed by atoms with van der Waals surface area (Å²) in [5, 5.41) is 2.51. The van der Waals surface area contributed by atoms with Gasteiger partial charge < -0.3 is 19.5 Å². The number of nitrogens with one attached hydrogen (secondary N) is 1. The Morgan fingerprint density at radius 3 is 2.93 bits per heavy atom. The van der Waals surface area contributed by atoms with Crippen LogP contribution in [0.5, 0.6) is 11.5 Å². The molecule has 1 aromatic carbocycles. The minimum absolute atomic E-state index is 0.104. The van der Waals surface area contributed by atoms with Crippen LogP contribution in [-0.4, -0.2) is 55.2 Å². The summed E-state index contributed by atoms with van der Waals surface area (Å²) in [4.78, 5) is 36.2. The number of carbonyl (C=O) groups excluding carboxylic acids is 3. The molecule has 1 atom stereocenters. The average molecular weight is 374 g/mol. The lowest BCUT2D eigenvalue weighted by Gasteiger charge is -2.11. The molecular formula is C19H22N2O6. The first-order chi connectivity index (χ1) is 13.0. The lowest BCUT2D eigenvalue weighted by Crippen LogP contribution is -2.37. The van der Waals surface area contributed by atoms with Crippen molar-refractivity contribution in [2.45, 2.75) is 26.4 Å². The van der Waals surface area contributed by atoms with E-state index in [4.69, 9.17) is 14.2 Å². The number of fused-ring (bicyclic) bond motifs is 1.